The van der Waals surface area contributed by atoms with Gasteiger partial charge in [0.15, 0.2) is 0 Å². The number of rotatable bonds is 2. The number of hydrogen-bond donors (Lipinski definition) is 0. The molecule has 0 bridgehead atoms. The Hall–Kier alpha value is -2.10. The van der Waals surface area contributed by atoms with Crippen molar-refractivity contribution in [2.45, 2.75) is 0 Å². The van der Waals surface area contributed by atoms with Crippen LogP contribution < -0.4 is 5.11 Å². The normalized spacial score (nSPS) is 10.8. The summed E-state index contributed by atoms with van der Waals surface area (Å²) in [6.45, 7) is 0. The van der Waals surface area contributed by atoms with Gasteiger partial charge in [-0.25, -0.2) is 4.98 Å². The number of halogens is 2. The van der Waals surface area contributed by atoms with Gasteiger partial charge in [0.2, 0.25) is 0 Å². The van der Waals surface area contributed by atoms with E-state index in [0.29, 0.717) is 21.6 Å². The lowest BCUT2D eigenvalue weighted by Gasteiger charge is -2.12. The smallest absolute Gasteiger partial charge is 0.0917 e. The zero-order valence-electron chi connectivity index (χ0n) is 10.6. The molecule has 3 aromatic rings. The van der Waals surface area contributed by atoms with E-state index in [2.05, 4.69) is 4.98 Å². The summed E-state index contributed by atoms with van der Waals surface area (Å²) in [4.78, 5) is 15.9. The van der Waals surface area contributed by atoms with Gasteiger partial charge < -0.3 is 9.90 Å². The number of carboxylic acids is 1. The molecular weight excluding hydrogens is 309 g/mol. The van der Waals surface area contributed by atoms with Gasteiger partial charge in [0, 0.05) is 16.5 Å². The van der Waals surface area contributed by atoms with Crippen LogP contribution in [-0.4, -0.2) is 11.0 Å². The standard InChI is InChI=1S/C16H9Cl2NO2/c17-11-6-7-12(18)15-14(11)10(16(20)21)8-13(19-15)9-4-2-1-3-5-9/h1-8H,(H,20,21)/p-1. The number of carbonyl (C=O) groups is 1. The van der Waals surface area contributed by atoms with Crippen molar-refractivity contribution in [3.8, 4) is 11.3 Å². The predicted octanol–water partition coefficient (Wildman–Crippen LogP) is 3.57. The number of pyridine rings is 1. The summed E-state index contributed by atoms with van der Waals surface area (Å²) in [5, 5.41) is 12.3. The molecule has 2 aromatic carbocycles. The van der Waals surface area contributed by atoms with Gasteiger partial charge in [-0.3, -0.25) is 0 Å². The molecule has 3 rings (SSSR count). The minimum Gasteiger partial charge on any atom is -0.545 e. The van der Waals surface area contributed by atoms with Gasteiger partial charge in [-0.2, -0.15) is 0 Å². The third-order valence-electron chi connectivity index (χ3n) is 3.15. The molecule has 0 saturated carbocycles. The molecule has 0 aliphatic carbocycles. The van der Waals surface area contributed by atoms with Crippen LogP contribution in [0.15, 0.2) is 48.5 Å². The first kappa shape index (κ1) is 13.9. The summed E-state index contributed by atoms with van der Waals surface area (Å²) in [7, 11) is 0. The number of fused-ring (bicyclic) bond motifs is 1. The zero-order chi connectivity index (χ0) is 15.0. The SMILES string of the molecule is O=C([O-])c1cc(-c2ccccc2)nc2c(Cl)ccc(Cl)c12. The number of carboxylic acid groups (broad SMARTS) is 1. The lowest BCUT2D eigenvalue weighted by molar-refractivity contribution is -0.254. The van der Waals surface area contributed by atoms with Crippen molar-refractivity contribution >= 4 is 40.1 Å². The average Bonchev–Trinajstić information content (AvgIpc) is 2.51. The van der Waals surface area contributed by atoms with Crippen molar-refractivity contribution in [3.63, 3.8) is 0 Å². The second kappa shape index (κ2) is 5.35. The van der Waals surface area contributed by atoms with Crippen molar-refractivity contribution in [1.29, 1.82) is 0 Å². The number of aromatic nitrogens is 1. The molecule has 5 heteroatoms. The van der Waals surface area contributed by atoms with Crippen LogP contribution in [0.2, 0.25) is 10.0 Å². The Morgan fingerprint density at radius 2 is 1.67 bits per heavy atom. The predicted molar refractivity (Wildman–Crippen MR) is 81.5 cm³/mol. The lowest BCUT2D eigenvalue weighted by atomic mass is 10.0. The number of benzene rings is 2. The van der Waals surface area contributed by atoms with E-state index in [-0.39, 0.29) is 10.6 Å². The van der Waals surface area contributed by atoms with Crippen LogP contribution >= 0.6 is 23.2 Å². The minimum atomic E-state index is -1.32. The number of nitrogens with zero attached hydrogens (tertiary/aromatic N) is 1. The fraction of sp³-hybridized carbons (Fsp3) is 0. The Bertz CT molecular complexity index is 848. The van der Waals surface area contributed by atoms with Gasteiger partial charge in [0.1, 0.15) is 0 Å². The maximum Gasteiger partial charge on any atom is 0.0917 e. The highest BCUT2D eigenvalue weighted by Crippen LogP contribution is 2.33. The Kier molecular flexibility index (Phi) is 3.53. The molecule has 0 amide bonds. The van der Waals surface area contributed by atoms with Crippen LogP contribution in [0.4, 0.5) is 0 Å². The van der Waals surface area contributed by atoms with Crippen LogP contribution in [0.3, 0.4) is 0 Å². The number of carbonyl (C=O) groups excluding carboxylic acids is 1. The monoisotopic (exact) mass is 316 g/mol. The summed E-state index contributed by atoms with van der Waals surface area (Å²) in [5.41, 5.74) is 1.63. The van der Waals surface area contributed by atoms with E-state index in [1.807, 2.05) is 30.3 Å². The van der Waals surface area contributed by atoms with Crippen molar-refractivity contribution in [3.05, 3.63) is 64.1 Å². The second-order valence-corrected chi connectivity index (χ2v) is 5.28. The third kappa shape index (κ3) is 2.46. The van der Waals surface area contributed by atoms with Gasteiger partial charge in [0.25, 0.3) is 0 Å². The highest BCUT2D eigenvalue weighted by molar-refractivity contribution is 6.41. The van der Waals surface area contributed by atoms with Gasteiger partial charge in [0.05, 0.1) is 27.2 Å². The fourth-order valence-corrected chi connectivity index (χ4v) is 2.64. The maximum atomic E-state index is 11.4. The van der Waals surface area contributed by atoms with Gasteiger partial charge >= 0.3 is 0 Å². The third-order valence-corrected chi connectivity index (χ3v) is 3.77. The Balaban J connectivity index is 2.41. The van der Waals surface area contributed by atoms with Gasteiger partial charge in [-0.15, -0.1) is 0 Å². The Labute approximate surface area is 130 Å². The average molecular weight is 317 g/mol. The van der Waals surface area contributed by atoms with Crippen molar-refractivity contribution in [1.82, 2.24) is 4.98 Å². The topological polar surface area (TPSA) is 53.0 Å². The van der Waals surface area contributed by atoms with Gasteiger partial charge in [-0.1, -0.05) is 53.5 Å². The van der Waals surface area contributed by atoms with Crippen molar-refractivity contribution in [2.24, 2.45) is 0 Å². The molecule has 0 unspecified atom stereocenters. The van der Waals surface area contributed by atoms with E-state index in [1.165, 1.54) is 6.07 Å². The minimum absolute atomic E-state index is 0.0219. The largest absolute Gasteiger partial charge is 0.545 e. The molecule has 3 nitrogen and oxygen atoms in total. The molecule has 1 heterocycles. The highest BCUT2D eigenvalue weighted by atomic mass is 35.5. The highest BCUT2D eigenvalue weighted by Gasteiger charge is 2.13. The van der Waals surface area contributed by atoms with Crippen LogP contribution in [0.1, 0.15) is 10.4 Å². The van der Waals surface area contributed by atoms with Crippen molar-refractivity contribution < 1.29 is 9.90 Å². The molecule has 0 saturated heterocycles. The fourth-order valence-electron chi connectivity index (χ4n) is 2.19. The molecule has 0 N–H and O–H groups in total. The van der Waals surface area contributed by atoms with E-state index < -0.39 is 5.97 Å². The van der Waals surface area contributed by atoms with E-state index in [0.717, 1.165) is 5.56 Å². The van der Waals surface area contributed by atoms with E-state index in [4.69, 9.17) is 23.2 Å². The molecule has 0 fully saturated rings. The summed E-state index contributed by atoms with van der Waals surface area (Å²) < 4.78 is 0. The molecule has 0 aliphatic heterocycles. The van der Waals surface area contributed by atoms with E-state index in [9.17, 15) is 9.90 Å². The zero-order valence-corrected chi connectivity index (χ0v) is 12.2. The van der Waals surface area contributed by atoms with Crippen molar-refractivity contribution in [2.75, 3.05) is 0 Å². The first-order chi connectivity index (χ1) is 10.1. The molecule has 0 radical (unpaired) electrons. The molecule has 1 aromatic heterocycles. The number of hydrogen-bond acceptors (Lipinski definition) is 3. The summed E-state index contributed by atoms with van der Waals surface area (Å²) in [6.07, 6.45) is 0. The summed E-state index contributed by atoms with van der Waals surface area (Å²) in [6, 6.07) is 13.8. The first-order valence-corrected chi connectivity index (χ1v) is 6.89. The second-order valence-electron chi connectivity index (χ2n) is 4.46. The summed E-state index contributed by atoms with van der Waals surface area (Å²) in [5.74, 6) is -1.32. The quantitative estimate of drug-likeness (QED) is 0.726. The van der Waals surface area contributed by atoms with Gasteiger partial charge in [-0.05, 0) is 18.2 Å². The first-order valence-electron chi connectivity index (χ1n) is 6.13. The molecule has 104 valence electrons. The Morgan fingerprint density at radius 3 is 2.33 bits per heavy atom. The van der Waals surface area contributed by atoms with E-state index in [1.54, 1.807) is 12.1 Å². The van der Waals surface area contributed by atoms with Crippen LogP contribution in [0.5, 0.6) is 0 Å². The lowest BCUT2D eigenvalue weighted by Crippen LogP contribution is -2.23. The number of aromatic carboxylic acids is 1. The van der Waals surface area contributed by atoms with E-state index >= 15 is 0 Å². The van der Waals surface area contributed by atoms with Crippen LogP contribution in [0, 0.1) is 0 Å². The molecule has 21 heavy (non-hydrogen) atoms. The Morgan fingerprint density at radius 1 is 1.00 bits per heavy atom. The summed E-state index contributed by atoms with van der Waals surface area (Å²) >= 11 is 12.2. The maximum absolute atomic E-state index is 11.4. The molecule has 0 spiro atoms. The molecule has 0 aliphatic rings. The molecule has 0 atom stereocenters. The van der Waals surface area contributed by atoms with Crippen LogP contribution in [0.25, 0.3) is 22.2 Å². The van der Waals surface area contributed by atoms with Crippen LogP contribution in [-0.2, 0) is 0 Å². The molecular formula is C16H8Cl2NO2-.